The van der Waals surface area contributed by atoms with Gasteiger partial charge < -0.3 is 4.74 Å². The zero-order valence-electron chi connectivity index (χ0n) is 10.9. The second kappa shape index (κ2) is 5.75. The van der Waals surface area contributed by atoms with Gasteiger partial charge in [-0.05, 0) is 55.7 Å². The third-order valence-electron chi connectivity index (χ3n) is 3.67. The second-order valence-electron chi connectivity index (χ2n) is 5.09. The van der Waals surface area contributed by atoms with Crippen molar-refractivity contribution in [1.29, 1.82) is 0 Å². The van der Waals surface area contributed by atoms with Gasteiger partial charge >= 0.3 is 5.97 Å². The first-order valence-electron chi connectivity index (χ1n) is 6.49. The van der Waals surface area contributed by atoms with Gasteiger partial charge in [0, 0.05) is 11.9 Å². The van der Waals surface area contributed by atoms with Crippen molar-refractivity contribution < 1.29 is 9.53 Å². The number of ether oxygens (including phenoxy) is 1. The molecule has 0 radical (unpaired) electrons. The van der Waals surface area contributed by atoms with Gasteiger partial charge in [-0.15, -0.1) is 0 Å². The first-order chi connectivity index (χ1) is 8.56. The number of carbonyl (C=O) groups is 1. The molecule has 0 N–H and O–H groups in total. The molecule has 18 heavy (non-hydrogen) atoms. The average molecular weight is 267 g/mol. The van der Waals surface area contributed by atoms with Crippen LogP contribution in [0.25, 0.3) is 0 Å². The second-order valence-corrected chi connectivity index (χ2v) is 5.50. The van der Waals surface area contributed by atoms with E-state index in [0.29, 0.717) is 5.92 Å². The minimum absolute atomic E-state index is 0.111. The Morgan fingerprint density at radius 1 is 1.28 bits per heavy atom. The quantitative estimate of drug-likeness (QED) is 0.749. The van der Waals surface area contributed by atoms with E-state index >= 15 is 0 Å². The molecule has 1 aliphatic carbocycles. The Kier molecular flexibility index (Phi) is 4.28. The Labute approximate surface area is 113 Å². The molecule has 2 nitrogen and oxygen atoms in total. The molecule has 98 valence electrons. The monoisotopic (exact) mass is 266 g/mol. The Hall–Kier alpha value is -1.02. The number of aryl methyl sites for hydroxylation is 1. The summed E-state index contributed by atoms with van der Waals surface area (Å²) in [5, 5.41) is 0.842. The minimum atomic E-state index is -0.170. The number of esters is 1. The zero-order valence-corrected chi connectivity index (χ0v) is 11.7. The van der Waals surface area contributed by atoms with Crippen LogP contribution < -0.4 is 0 Å². The van der Waals surface area contributed by atoms with Gasteiger partial charge in [-0.25, -0.2) is 0 Å². The molecule has 0 aliphatic heterocycles. The van der Waals surface area contributed by atoms with E-state index in [1.807, 2.05) is 6.92 Å². The van der Waals surface area contributed by atoms with Crippen LogP contribution in [0.5, 0.6) is 0 Å². The minimum Gasteiger partial charge on any atom is -0.463 e. The maximum atomic E-state index is 10.9. The standard InChI is InChI=1S/C15H19ClO2/c1-10-3-4-13(9-15(10)16)12-5-7-14(8-6-12)18-11(2)17/h3-4,9,12,14H,5-8H2,1-2H3. The van der Waals surface area contributed by atoms with Crippen molar-refractivity contribution in [1.82, 2.24) is 0 Å². The summed E-state index contributed by atoms with van der Waals surface area (Å²) >= 11 is 6.16. The molecule has 0 spiro atoms. The fourth-order valence-corrected chi connectivity index (χ4v) is 2.80. The highest BCUT2D eigenvalue weighted by Crippen LogP contribution is 2.35. The van der Waals surface area contributed by atoms with Crippen LogP contribution in [-0.2, 0) is 9.53 Å². The summed E-state index contributed by atoms with van der Waals surface area (Å²) in [6, 6.07) is 6.32. The van der Waals surface area contributed by atoms with E-state index < -0.39 is 0 Å². The van der Waals surface area contributed by atoms with E-state index in [2.05, 4.69) is 18.2 Å². The largest absolute Gasteiger partial charge is 0.463 e. The molecule has 0 heterocycles. The maximum absolute atomic E-state index is 10.9. The molecule has 0 saturated heterocycles. The van der Waals surface area contributed by atoms with E-state index in [1.165, 1.54) is 12.5 Å². The molecule has 0 aromatic heterocycles. The summed E-state index contributed by atoms with van der Waals surface area (Å²) in [5.74, 6) is 0.381. The van der Waals surface area contributed by atoms with Crippen molar-refractivity contribution in [2.75, 3.05) is 0 Å². The van der Waals surface area contributed by atoms with Gasteiger partial charge in [0.2, 0.25) is 0 Å². The van der Waals surface area contributed by atoms with Crippen LogP contribution in [-0.4, -0.2) is 12.1 Å². The number of hydrogen-bond donors (Lipinski definition) is 0. The van der Waals surface area contributed by atoms with Gasteiger partial charge in [0.15, 0.2) is 0 Å². The molecule has 0 amide bonds. The molecule has 1 aliphatic rings. The third kappa shape index (κ3) is 3.26. The highest BCUT2D eigenvalue weighted by molar-refractivity contribution is 6.31. The maximum Gasteiger partial charge on any atom is 0.302 e. The Morgan fingerprint density at radius 3 is 2.50 bits per heavy atom. The van der Waals surface area contributed by atoms with Gasteiger partial charge in [0.1, 0.15) is 6.10 Å². The van der Waals surface area contributed by atoms with Crippen molar-refractivity contribution in [2.24, 2.45) is 0 Å². The Morgan fingerprint density at radius 2 is 1.94 bits per heavy atom. The van der Waals surface area contributed by atoms with Crippen LogP contribution in [0.4, 0.5) is 0 Å². The molecule has 1 saturated carbocycles. The van der Waals surface area contributed by atoms with Crippen LogP contribution in [0.3, 0.4) is 0 Å². The first kappa shape index (κ1) is 13.4. The lowest BCUT2D eigenvalue weighted by Gasteiger charge is -2.28. The van der Waals surface area contributed by atoms with Crippen molar-refractivity contribution in [3.8, 4) is 0 Å². The van der Waals surface area contributed by atoms with Gasteiger partial charge in [-0.3, -0.25) is 4.79 Å². The lowest BCUT2D eigenvalue weighted by molar-refractivity contribution is -0.147. The molecule has 2 rings (SSSR count). The van der Waals surface area contributed by atoms with Gasteiger partial charge in [-0.1, -0.05) is 23.7 Å². The summed E-state index contributed by atoms with van der Waals surface area (Å²) in [5.41, 5.74) is 2.43. The summed E-state index contributed by atoms with van der Waals surface area (Å²) < 4.78 is 5.25. The number of hydrogen-bond acceptors (Lipinski definition) is 2. The number of rotatable bonds is 2. The SMILES string of the molecule is CC(=O)OC1CCC(c2ccc(C)c(Cl)c2)CC1. The number of carbonyl (C=O) groups excluding carboxylic acids is 1. The average Bonchev–Trinajstić information content (AvgIpc) is 2.33. The van der Waals surface area contributed by atoms with Crippen LogP contribution >= 0.6 is 11.6 Å². The van der Waals surface area contributed by atoms with Crippen molar-refractivity contribution in [3.63, 3.8) is 0 Å². The van der Waals surface area contributed by atoms with E-state index in [9.17, 15) is 4.79 Å². The van der Waals surface area contributed by atoms with Gasteiger partial charge in [0.05, 0.1) is 0 Å². The predicted octanol–water partition coefficient (Wildman–Crippen LogP) is 4.24. The van der Waals surface area contributed by atoms with E-state index in [0.717, 1.165) is 36.3 Å². The molecular weight excluding hydrogens is 248 g/mol. The number of benzene rings is 1. The molecular formula is C15H19ClO2. The van der Waals surface area contributed by atoms with E-state index in [-0.39, 0.29) is 12.1 Å². The normalized spacial score (nSPS) is 23.7. The topological polar surface area (TPSA) is 26.3 Å². The third-order valence-corrected chi connectivity index (χ3v) is 4.08. The van der Waals surface area contributed by atoms with Crippen LogP contribution in [0, 0.1) is 6.92 Å². The van der Waals surface area contributed by atoms with Crippen LogP contribution in [0.2, 0.25) is 5.02 Å². The first-order valence-corrected chi connectivity index (χ1v) is 6.87. The summed E-state index contributed by atoms with van der Waals surface area (Å²) in [4.78, 5) is 10.9. The molecule has 1 aromatic rings. The Balaban J connectivity index is 1.96. The molecule has 1 aromatic carbocycles. The van der Waals surface area contributed by atoms with Crippen LogP contribution in [0.15, 0.2) is 18.2 Å². The lowest BCUT2D eigenvalue weighted by Crippen LogP contribution is -2.22. The highest BCUT2D eigenvalue weighted by atomic mass is 35.5. The molecule has 0 bridgehead atoms. The summed E-state index contributed by atoms with van der Waals surface area (Å²) in [6.07, 6.45) is 4.15. The lowest BCUT2D eigenvalue weighted by atomic mass is 9.82. The highest BCUT2D eigenvalue weighted by Gasteiger charge is 2.24. The smallest absolute Gasteiger partial charge is 0.302 e. The van der Waals surface area contributed by atoms with Crippen molar-refractivity contribution >= 4 is 17.6 Å². The zero-order chi connectivity index (χ0) is 13.1. The fourth-order valence-electron chi connectivity index (χ4n) is 2.61. The molecule has 0 atom stereocenters. The van der Waals surface area contributed by atoms with Crippen molar-refractivity contribution in [3.05, 3.63) is 34.3 Å². The Bertz CT molecular complexity index is 434. The summed E-state index contributed by atoms with van der Waals surface area (Å²) in [6.45, 7) is 3.50. The predicted molar refractivity (Wildman–Crippen MR) is 73.0 cm³/mol. The molecule has 0 unspecified atom stereocenters. The molecule has 3 heteroatoms. The van der Waals surface area contributed by atoms with Gasteiger partial charge in [-0.2, -0.15) is 0 Å². The van der Waals surface area contributed by atoms with E-state index in [4.69, 9.17) is 16.3 Å². The van der Waals surface area contributed by atoms with Crippen molar-refractivity contribution in [2.45, 2.75) is 51.6 Å². The van der Waals surface area contributed by atoms with E-state index in [1.54, 1.807) is 0 Å². The van der Waals surface area contributed by atoms with Crippen LogP contribution in [0.1, 0.15) is 49.7 Å². The summed E-state index contributed by atoms with van der Waals surface area (Å²) in [7, 11) is 0. The molecule has 1 fully saturated rings. The number of halogens is 1. The van der Waals surface area contributed by atoms with Gasteiger partial charge in [0.25, 0.3) is 0 Å². The fraction of sp³-hybridized carbons (Fsp3) is 0.533.